The largest absolute Gasteiger partial charge is 0.480 e. The molecule has 1 aliphatic rings. The van der Waals surface area contributed by atoms with Gasteiger partial charge >= 0.3 is 5.97 Å². The topological polar surface area (TPSA) is 231 Å². The summed E-state index contributed by atoms with van der Waals surface area (Å²) >= 11 is 0. The predicted molar refractivity (Wildman–Crippen MR) is 117 cm³/mol. The molecule has 0 aromatic heterocycles. The van der Waals surface area contributed by atoms with Crippen LogP contribution < -0.4 is 27.8 Å². The molecule has 1 fully saturated rings. The normalized spacial score (nSPS) is 19.3. The molecule has 10 N–H and O–H groups in total. The average Bonchev–Trinajstić information content (AvgIpc) is 3.24. The molecule has 0 saturated carbocycles. The molecule has 0 spiro atoms. The van der Waals surface area contributed by atoms with Crippen LogP contribution in [0.25, 0.3) is 0 Å². The number of carboxylic acids is 1. The highest BCUT2D eigenvalue weighted by Crippen LogP contribution is 2.20. The summed E-state index contributed by atoms with van der Waals surface area (Å²) in [5.41, 5.74) is 16.2. The molecule has 0 aliphatic carbocycles. The van der Waals surface area contributed by atoms with E-state index in [0.717, 1.165) is 0 Å². The van der Waals surface area contributed by atoms with Crippen molar-refractivity contribution in [3.8, 4) is 0 Å². The molecule has 5 unspecified atom stereocenters. The van der Waals surface area contributed by atoms with Crippen molar-refractivity contribution in [3.63, 3.8) is 0 Å². The maximum atomic E-state index is 13.2. The van der Waals surface area contributed by atoms with E-state index < -0.39 is 59.9 Å². The number of aliphatic hydroxyl groups excluding tert-OH is 1. The van der Waals surface area contributed by atoms with Gasteiger partial charge in [0.15, 0.2) is 0 Å². The van der Waals surface area contributed by atoms with Gasteiger partial charge in [0.1, 0.15) is 24.2 Å². The number of primary amides is 1. The summed E-state index contributed by atoms with van der Waals surface area (Å²) in [7, 11) is 0. The molecule has 0 bridgehead atoms. The minimum Gasteiger partial charge on any atom is -0.480 e. The van der Waals surface area contributed by atoms with Gasteiger partial charge in [0.2, 0.25) is 23.6 Å². The van der Waals surface area contributed by atoms with E-state index in [-0.39, 0.29) is 25.8 Å². The van der Waals surface area contributed by atoms with Crippen LogP contribution in [0.3, 0.4) is 0 Å². The Morgan fingerprint density at radius 2 is 1.76 bits per heavy atom. The molecule has 1 aliphatic heterocycles. The first-order chi connectivity index (χ1) is 15.5. The minimum atomic E-state index is -1.33. The van der Waals surface area contributed by atoms with Gasteiger partial charge in [0.05, 0.1) is 6.10 Å². The first-order valence-electron chi connectivity index (χ1n) is 11.1. The summed E-state index contributed by atoms with van der Waals surface area (Å²) in [5, 5.41) is 23.8. The van der Waals surface area contributed by atoms with Gasteiger partial charge in [-0.05, 0) is 52.0 Å². The first kappa shape index (κ1) is 28.3. The van der Waals surface area contributed by atoms with Gasteiger partial charge in [0, 0.05) is 13.0 Å². The van der Waals surface area contributed by atoms with Crippen molar-refractivity contribution >= 4 is 29.6 Å². The highest BCUT2D eigenvalue weighted by atomic mass is 16.4. The molecule has 188 valence electrons. The molecular formula is C20H36N6O7. The standard InChI is InChI=1S/C20H36N6O7/c1-11(27)16(23)18(30)24-12(5-2-3-9-21)19(31)26-10-4-6-14(26)17(29)25-13(20(32)33)7-8-15(22)28/h11-14,16,27H,2-10,21,23H2,1H3,(H2,22,28)(H,24,30)(H,25,29)(H,32,33). The number of nitrogens with one attached hydrogen (secondary N) is 2. The number of amides is 4. The van der Waals surface area contributed by atoms with Crippen molar-refractivity contribution < 1.29 is 34.2 Å². The van der Waals surface area contributed by atoms with Crippen LogP contribution in [0.1, 0.15) is 51.9 Å². The minimum absolute atomic E-state index is 0.175. The molecule has 1 saturated heterocycles. The van der Waals surface area contributed by atoms with Gasteiger partial charge in [-0.1, -0.05) is 0 Å². The smallest absolute Gasteiger partial charge is 0.326 e. The fraction of sp³-hybridized carbons (Fsp3) is 0.750. The van der Waals surface area contributed by atoms with E-state index >= 15 is 0 Å². The van der Waals surface area contributed by atoms with E-state index in [4.69, 9.17) is 17.2 Å². The summed E-state index contributed by atoms with van der Waals surface area (Å²) in [4.78, 5) is 62.1. The molecule has 5 atom stereocenters. The van der Waals surface area contributed by atoms with Gasteiger partial charge in [-0.25, -0.2) is 4.79 Å². The quantitative estimate of drug-likeness (QED) is 0.129. The molecule has 0 radical (unpaired) electrons. The van der Waals surface area contributed by atoms with Crippen molar-refractivity contribution in [1.82, 2.24) is 15.5 Å². The number of likely N-dealkylation sites (tertiary alicyclic amines) is 1. The number of nitrogens with zero attached hydrogens (tertiary/aromatic N) is 1. The Morgan fingerprint density at radius 3 is 2.30 bits per heavy atom. The van der Waals surface area contributed by atoms with E-state index in [1.54, 1.807) is 0 Å². The highest BCUT2D eigenvalue weighted by Gasteiger charge is 2.39. The van der Waals surface area contributed by atoms with E-state index in [1.807, 2.05) is 0 Å². The lowest BCUT2D eigenvalue weighted by atomic mass is 10.1. The molecule has 1 rings (SSSR count). The van der Waals surface area contributed by atoms with E-state index in [2.05, 4.69) is 10.6 Å². The average molecular weight is 473 g/mol. The van der Waals surface area contributed by atoms with Crippen LogP contribution in [0.2, 0.25) is 0 Å². The zero-order valence-electron chi connectivity index (χ0n) is 18.9. The summed E-state index contributed by atoms with van der Waals surface area (Å²) in [6.07, 6.45) is 0.728. The number of hydrogen-bond donors (Lipinski definition) is 7. The van der Waals surface area contributed by atoms with Crippen LogP contribution in [0.15, 0.2) is 0 Å². The number of carboxylic acid groups (broad SMARTS) is 1. The monoisotopic (exact) mass is 472 g/mol. The van der Waals surface area contributed by atoms with Crippen molar-refractivity contribution in [2.45, 2.75) is 82.1 Å². The molecule has 13 nitrogen and oxygen atoms in total. The van der Waals surface area contributed by atoms with E-state index in [0.29, 0.717) is 32.2 Å². The Balaban J connectivity index is 2.94. The molecule has 13 heteroatoms. The lowest BCUT2D eigenvalue weighted by molar-refractivity contribution is -0.145. The lowest BCUT2D eigenvalue weighted by Crippen LogP contribution is -2.57. The Morgan fingerprint density at radius 1 is 1.09 bits per heavy atom. The number of rotatable bonds is 14. The van der Waals surface area contributed by atoms with Crippen LogP contribution in [-0.4, -0.2) is 88.1 Å². The first-order valence-corrected chi connectivity index (χ1v) is 11.1. The third-order valence-electron chi connectivity index (χ3n) is 5.52. The SMILES string of the molecule is CC(O)C(N)C(=O)NC(CCCCN)C(=O)N1CCCC1C(=O)NC(CCC(N)=O)C(=O)O. The van der Waals surface area contributed by atoms with Crippen molar-refractivity contribution in [2.24, 2.45) is 17.2 Å². The number of aliphatic hydroxyl groups is 1. The molecule has 4 amide bonds. The number of carbonyl (C=O) groups is 5. The second-order valence-electron chi connectivity index (χ2n) is 8.21. The van der Waals surface area contributed by atoms with Gasteiger partial charge < -0.3 is 42.9 Å². The van der Waals surface area contributed by atoms with Crippen LogP contribution >= 0.6 is 0 Å². The number of hydrogen-bond acceptors (Lipinski definition) is 8. The van der Waals surface area contributed by atoms with Crippen LogP contribution in [0.4, 0.5) is 0 Å². The lowest BCUT2D eigenvalue weighted by Gasteiger charge is -2.30. The van der Waals surface area contributed by atoms with Crippen molar-refractivity contribution in [2.75, 3.05) is 13.1 Å². The zero-order chi connectivity index (χ0) is 25.1. The summed E-state index contributed by atoms with van der Waals surface area (Å²) in [6, 6.07) is -4.46. The van der Waals surface area contributed by atoms with E-state index in [9.17, 15) is 34.2 Å². The van der Waals surface area contributed by atoms with Gasteiger partial charge in [0.25, 0.3) is 0 Å². The summed E-state index contributed by atoms with van der Waals surface area (Å²) in [5.74, 6) is -3.88. The van der Waals surface area contributed by atoms with Crippen LogP contribution in [0.5, 0.6) is 0 Å². The third kappa shape index (κ3) is 8.94. The molecule has 0 aromatic carbocycles. The van der Waals surface area contributed by atoms with Gasteiger partial charge in [-0.2, -0.15) is 0 Å². The fourth-order valence-corrected chi connectivity index (χ4v) is 3.55. The maximum absolute atomic E-state index is 13.2. The van der Waals surface area contributed by atoms with Crippen LogP contribution in [0, 0.1) is 0 Å². The van der Waals surface area contributed by atoms with Crippen LogP contribution in [-0.2, 0) is 24.0 Å². The molecule has 0 aromatic rings. The summed E-state index contributed by atoms with van der Waals surface area (Å²) in [6.45, 7) is 2.01. The van der Waals surface area contributed by atoms with Gasteiger partial charge in [-0.3, -0.25) is 19.2 Å². The molecule has 33 heavy (non-hydrogen) atoms. The van der Waals surface area contributed by atoms with Crippen molar-refractivity contribution in [1.29, 1.82) is 0 Å². The Kier molecular flexibility index (Phi) is 11.7. The number of unbranched alkanes of at least 4 members (excludes halogenated alkanes) is 1. The predicted octanol–water partition coefficient (Wildman–Crippen LogP) is -2.87. The maximum Gasteiger partial charge on any atom is 0.326 e. The fourth-order valence-electron chi connectivity index (χ4n) is 3.55. The van der Waals surface area contributed by atoms with Crippen molar-refractivity contribution in [3.05, 3.63) is 0 Å². The second-order valence-corrected chi connectivity index (χ2v) is 8.21. The zero-order valence-corrected chi connectivity index (χ0v) is 18.9. The van der Waals surface area contributed by atoms with E-state index in [1.165, 1.54) is 11.8 Å². The molecular weight excluding hydrogens is 436 g/mol. The Labute approximate surface area is 192 Å². The Hall–Kier alpha value is -2.77. The number of nitrogens with two attached hydrogens (primary N) is 3. The van der Waals surface area contributed by atoms with Gasteiger partial charge in [-0.15, -0.1) is 0 Å². The number of carbonyl (C=O) groups excluding carboxylic acids is 4. The number of aliphatic carboxylic acids is 1. The third-order valence-corrected chi connectivity index (χ3v) is 5.52. The molecule has 1 heterocycles. The second kappa shape index (κ2) is 13.7. The Bertz CT molecular complexity index is 717. The highest BCUT2D eigenvalue weighted by molar-refractivity contribution is 5.94. The summed E-state index contributed by atoms with van der Waals surface area (Å²) < 4.78 is 0.